The summed E-state index contributed by atoms with van der Waals surface area (Å²) in [4.78, 5) is 2.56. The molecule has 0 amide bonds. The number of para-hydroxylation sites is 1. The standard InChI is InChI=1S/C43H30N2/c1-43(2)35-18-10-8-17-33(35)40-36(43)22-23-38-42(40)44(31-21-20-28-14-6-7-15-29(28)24-31)39-26-30(27-12-4-3-5-13-27)25-34-32-16-9-11-19-37(32)45(38)41(34)39/h3-26H,1-2H3. The summed E-state index contributed by atoms with van der Waals surface area (Å²) in [6, 6.07) is 53.9. The summed E-state index contributed by atoms with van der Waals surface area (Å²) in [7, 11) is 0. The number of hydrogen-bond donors (Lipinski definition) is 0. The van der Waals surface area contributed by atoms with Crippen molar-refractivity contribution < 1.29 is 0 Å². The van der Waals surface area contributed by atoms with Crippen molar-refractivity contribution in [3.63, 3.8) is 0 Å². The van der Waals surface area contributed by atoms with Gasteiger partial charge in [-0.1, -0.05) is 123 Å². The molecule has 2 heterocycles. The zero-order chi connectivity index (χ0) is 29.9. The van der Waals surface area contributed by atoms with Crippen LogP contribution in [0, 0.1) is 0 Å². The van der Waals surface area contributed by atoms with Gasteiger partial charge in [0.05, 0.1) is 28.1 Å². The largest absolute Gasteiger partial charge is 0.306 e. The van der Waals surface area contributed by atoms with Gasteiger partial charge >= 0.3 is 0 Å². The summed E-state index contributed by atoms with van der Waals surface area (Å²) in [6.07, 6.45) is 0. The predicted molar refractivity (Wildman–Crippen MR) is 190 cm³/mol. The summed E-state index contributed by atoms with van der Waals surface area (Å²) >= 11 is 0. The van der Waals surface area contributed by atoms with Crippen molar-refractivity contribution in [2.45, 2.75) is 19.3 Å². The van der Waals surface area contributed by atoms with E-state index < -0.39 is 0 Å². The van der Waals surface area contributed by atoms with E-state index in [0.717, 1.165) is 0 Å². The first-order valence-corrected chi connectivity index (χ1v) is 15.8. The highest BCUT2D eigenvalue weighted by Crippen LogP contribution is 2.59. The van der Waals surface area contributed by atoms with Crippen LogP contribution in [0.1, 0.15) is 25.0 Å². The van der Waals surface area contributed by atoms with Crippen molar-refractivity contribution in [3.8, 4) is 27.9 Å². The first-order chi connectivity index (χ1) is 22.1. The second-order valence-corrected chi connectivity index (χ2v) is 13.0. The van der Waals surface area contributed by atoms with Crippen LogP contribution in [0.25, 0.3) is 60.5 Å². The second kappa shape index (κ2) is 8.74. The Kier molecular flexibility index (Phi) is 4.82. The van der Waals surface area contributed by atoms with Gasteiger partial charge in [0, 0.05) is 27.4 Å². The van der Waals surface area contributed by atoms with Crippen LogP contribution in [0.15, 0.2) is 146 Å². The van der Waals surface area contributed by atoms with Crippen molar-refractivity contribution in [1.29, 1.82) is 0 Å². The minimum absolute atomic E-state index is 0.101. The van der Waals surface area contributed by atoms with E-state index in [1.807, 2.05) is 0 Å². The van der Waals surface area contributed by atoms with Crippen LogP contribution in [-0.2, 0) is 5.41 Å². The molecule has 0 bridgehead atoms. The Morgan fingerprint density at radius 1 is 0.511 bits per heavy atom. The normalized spacial score (nSPS) is 14.1. The predicted octanol–water partition coefficient (Wildman–Crippen LogP) is 11.7. The lowest BCUT2D eigenvalue weighted by atomic mass is 9.82. The maximum Gasteiger partial charge on any atom is 0.0785 e. The van der Waals surface area contributed by atoms with Crippen LogP contribution in [0.2, 0.25) is 0 Å². The fraction of sp³-hybridized carbons (Fsp3) is 0.0698. The lowest BCUT2D eigenvalue weighted by Crippen LogP contribution is -2.21. The van der Waals surface area contributed by atoms with Gasteiger partial charge in [-0.05, 0) is 75.0 Å². The molecule has 1 aliphatic carbocycles. The maximum absolute atomic E-state index is 2.56. The molecule has 0 saturated heterocycles. The number of anilines is 3. The molecule has 0 N–H and O–H groups in total. The van der Waals surface area contributed by atoms with E-state index in [2.05, 4.69) is 169 Å². The first kappa shape index (κ1) is 24.8. The van der Waals surface area contributed by atoms with Crippen LogP contribution in [-0.4, -0.2) is 4.57 Å². The molecule has 7 aromatic carbocycles. The van der Waals surface area contributed by atoms with E-state index in [1.54, 1.807) is 0 Å². The topological polar surface area (TPSA) is 8.17 Å². The molecule has 1 aromatic heterocycles. The van der Waals surface area contributed by atoms with Crippen LogP contribution in [0.5, 0.6) is 0 Å². The molecule has 0 unspecified atom stereocenters. The third-order valence-electron chi connectivity index (χ3n) is 10.3. The number of hydrogen-bond acceptors (Lipinski definition) is 1. The van der Waals surface area contributed by atoms with E-state index in [0.29, 0.717) is 0 Å². The molecule has 2 heteroatoms. The van der Waals surface area contributed by atoms with Gasteiger partial charge in [-0.2, -0.15) is 0 Å². The van der Waals surface area contributed by atoms with E-state index in [1.165, 1.54) is 88.7 Å². The monoisotopic (exact) mass is 574 g/mol. The molecule has 0 atom stereocenters. The van der Waals surface area contributed by atoms with Crippen molar-refractivity contribution in [2.24, 2.45) is 0 Å². The molecule has 212 valence electrons. The van der Waals surface area contributed by atoms with Crippen LogP contribution >= 0.6 is 0 Å². The van der Waals surface area contributed by atoms with Crippen LogP contribution in [0.4, 0.5) is 17.1 Å². The third-order valence-corrected chi connectivity index (χ3v) is 10.3. The lowest BCUT2D eigenvalue weighted by molar-refractivity contribution is 0.660. The molecular formula is C43H30N2. The van der Waals surface area contributed by atoms with Crippen LogP contribution in [0.3, 0.4) is 0 Å². The Hall–Kier alpha value is -5.60. The molecule has 2 nitrogen and oxygen atoms in total. The summed E-state index contributed by atoms with van der Waals surface area (Å²) < 4.78 is 2.52. The molecule has 0 radical (unpaired) electrons. The smallest absolute Gasteiger partial charge is 0.0785 e. The average Bonchev–Trinajstić information content (AvgIpc) is 3.55. The zero-order valence-corrected chi connectivity index (χ0v) is 25.3. The number of nitrogens with zero attached hydrogens (tertiary/aromatic N) is 2. The van der Waals surface area contributed by atoms with E-state index in [9.17, 15) is 0 Å². The molecule has 1 aliphatic heterocycles. The van der Waals surface area contributed by atoms with Gasteiger partial charge < -0.3 is 9.47 Å². The summed E-state index contributed by atoms with van der Waals surface area (Å²) in [6.45, 7) is 4.75. The summed E-state index contributed by atoms with van der Waals surface area (Å²) in [5.74, 6) is 0. The maximum atomic E-state index is 2.56. The van der Waals surface area contributed by atoms with Crippen molar-refractivity contribution in [1.82, 2.24) is 4.57 Å². The first-order valence-electron chi connectivity index (χ1n) is 15.8. The van der Waals surface area contributed by atoms with Crippen LogP contribution < -0.4 is 4.90 Å². The minimum Gasteiger partial charge on any atom is -0.306 e. The van der Waals surface area contributed by atoms with Crippen molar-refractivity contribution >= 4 is 49.6 Å². The van der Waals surface area contributed by atoms with Gasteiger partial charge in [0.2, 0.25) is 0 Å². The van der Waals surface area contributed by atoms with Gasteiger partial charge in [-0.3, -0.25) is 0 Å². The number of rotatable bonds is 2. The minimum atomic E-state index is -0.101. The number of benzene rings is 7. The Bertz CT molecular complexity index is 2510. The van der Waals surface area contributed by atoms with Gasteiger partial charge in [-0.15, -0.1) is 0 Å². The quantitative estimate of drug-likeness (QED) is 0.199. The van der Waals surface area contributed by atoms with Gasteiger partial charge in [0.1, 0.15) is 0 Å². The fourth-order valence-electron chi connectivity index (χ4n) is 8.17. The molecule has 8 aromatic rings. The van der Waals surface area contributed by atoms with Gasteiger partial charge in [0.25, 0.3) is 0 Å². The Morgan fingerprint density at radius 2 is 1.27 bits per heavy atom. The SMILES string of the molecule is CC1(C)c2ccccc2-c2c1ccc1c2N(c2ccc3ccccc3c2)c2cc(-c3ccccc3)cc3c4ccccc4n-1c23. The second-order valence-electron chi connectivity index (χ2n) is 13.0. The molecular weight excluding hydrogens is 544 g/mol. The highest BCUT2D eigenvalue weighted by Gasteiger charge is 2.41. The summed E-state index contributed by atoms with van der Waals surface area (Å²) in [5, 5.41) is 5.05. The van der Waals surface area contributed by atoms with E-state index in [-0.39, 0.29) is 5.41 Å². The van der Waals surface area contributed by atoms with Gasteiger partial charge in [0.15, 0.2) is 0 Å². The molecule has 0 fully saturated rings. The summed E-state index contributed by atoms with van der Waals surface area (Å²) in [5.41, 5.74) is 15.1. The average molecular weight is 575 g/mol. The van der Waals surface area contributed by atoms with Crippen molar-refractivity contribution in [3.05, 3.63) is 157 Å². The highest BCUT2D eigenvalue weighted by molar-refractivity contribution is 6.19. The van der Waals surface area contributed by atoms with Crippen molar-refractivity contribution in [2.75, 3.05) is 4.90 Å². The van der Waals surface area contributed by atoms with E-state index in [4.69, 9.17) is 0 Å². The highest BCUT2D eigenvalue weighted by atomic mass is 15.2. The Morgan fingerprint density at radius 3 is 2.16 bits per heavy atom. The molecule has 10 rings (SSSR count). The number of fused-ring (bicyclic) bond motifs is 10. The molecule has 0 spiro atoms. The molecule has 45 heavy (non-hydrogen) atoms. The Balaban J connectivity index is 1.41. The zero-order valence-electron chi connectivity index (χ0n) is 25.3. The lowest BCUT2D eigenvalue weighted by Gasteiger charge is -2.36. The fourth-order valence-corrected chi connectivity index (χ4v) is 8.17. The Labute approximate surface area is 262 Å². The van der Waals surface area contributed by atoms with E-state index >= 15 is 0 Å². The molecule has 0 saturated carbocycles. The van der Waals surface area contributed by atoms with Gasteiger partial charge in [-0.25, -0.2) is 0 Å². The molecule has 2 aliphatic rings. The third kappa shape index (κ3) is 3.24. The number of aromatic nitrogens is 1.